The van der Waals surface area contributed by atoms with Crippen molar-refractivity contribution < 1.29 is 0 Å². The molecule has 0 N–H and O–H groups in total. The maximum absolute atomic E-state index is 4.14. The summed E-state index contributed by atoms with van der Waals surface area (Å²) in [5.74, 6) is 3.11. The van der Waals surface area contributed by atoms with E-state index in [0.29, 0.717) is 5.41 Å². The zero-order valence-corrected chi connectivity index (χ0v) is 11.2. The molecule has 95 valence electrons. The molecule has 4 aliphatic rings. The Hall–Kier alpha value is -0.780. The second kappa shape index (κ2) is 3.85. The molecule has 1 aromatic carbocycles. The van der Waals surface area contributed by atoms with Gasteiger partial charge in [0.2, 0.25) is 0 Å². The average Bonchev–Trinajstić information content (AvgIpc) is 2.37. The standard InChI is InChI=1S/C18H23/c1-2-16-5-3-4-6-17(16)18-10-13-7-14(11-18)9-15(8-13)12-18/h3-6,13-15H,1-2,7-12H2. The van der Waals surface area contributed by atoms with Crippen molar-refractivity contribution >= 4 is 0 Å². The topological polar surface area (TPSA) is 0 Å². The lowest BCUT2D eigenvalue weighted by atomic mass is 9.47. The fraction of sp³-hybridized carbons (Fsp3) is 0.611. The highest BCUT2D eigenvalue weighted by Crippen LogP contribution is 2.61. The Morgan fingerprint density at radius 2 is 1.50 bits per heavy atom. The van der Waals surface area contributed by atoms with Gasteiger partial charge in [0.1, 0.15) is 0 Å². The quantitative estimate of drug-likeness (QED) is 0.711. The molecular weight excluding hydrogens is 216 g/mol. The summed E-state index contributed by atoms with van der Waals surface area (Å²) in [4.78, 5) is 0. The molecule has 0 heteroatoms. The monoisotopic (exact) mass is 239 g/mol. The third-order valence-electron chi connectivity index (χ3n) is 5.90. The maximum Gasteiger partial charge on any atom is -0.00363 e. The van der Waals surface area contributed by atoms with Gasteiger partial charge >= 0.3 is 0 Å². The Kier molecular flexibility index (Phi) is 2.37. The van der Waals surface area contributed by atoms with Gasteiger partial charge in [-0.15, -0.1) is 0 Å². The van der Waals surface area contributed by atoms with Crippen molar-refractivity contribution in [3.05, 3.63) is 42.3 Å². The molecule has 5 rings (SSSR count). The number of hydrogen-bond donors (Lipinski definition) is 0. The lowest BCUT2D eigenvalue weighted by Crippen LogP contribution is -2.48. The Labute approximate surface area is 111 Å². The molecule has 0 atom stereocenters. The van der Waals surface area contributed by atoms with Gasteiger partial charge in [-0.2, -0.15) is 0 Å². The Morgan fingerprint density at radius 3 is 2.06 bits per heavy atom. The van der Waals surface area contributed by atoms with Gasteiger partial charge in [-0.25, -0.2) is 0 Å². The molecule has 4 fully saturated rings. The predicted octanol–water partition coefficient (Wildman–Crippen LogP) is 4.53. The van der Waals surface area contributed by atoms with Crippen LogP contribution in [-0.4, -0.2) is 0 Å². The third-order valence-corrected chi connectivity index (χ3v) is 5.90. The number of benzene rings is 1. The van der Waals surface area contributed by atoms with E-state index < -0.39 is 0 Å². The van der Waals surface area contributed by atoms with Crippen molar-refractivity contribution in [3.63, 3.8) is 0 Å². The van der Waals surface area contributed by atoms with Gasteiger partial charge in [0.25, 0.3) is 0 Å². The van der Waals surface area contributed by atoms with Crippen LogP contribution in [0.25, 0.3) is 0 Å². The molecule has 1 aromatic rings. The summed E-state index contributed by atoms with van der Waals surface area (Å²) in [5, 5.41) is 0. The van der Waals surface area contributed by atoms with Crippen LogP contribution in [0.4, 0.5) is 0 Å². The van der Waals surface area contributed by atoms with Crippen molar-refractivity contribution in [2.45, 2.75) is 50.4 Å². The average molecular weight is 239 g/mol. The van der Waals surface area contributed by atoms with E-state index >= 15 is 0 Å². The molecule has 0 heterocycles. The SMILES string of the molecule is [CH2]Cc1ccccc1C12CC3CC(CC(C3)C1)C2. The van der Waals surface area contributed by atoms with E-state index in [1.807, 2.05) is 0 Å². The first kappa shape index (κ1) is 11.1. The fourth-order valence-electron chi connectivity index (χ4n) is 5.70. The van der Waals surface area contributed by atoms with E-state index in [1.54, 1.807) is 5.56 Å². The highest BCUT2D eigenvalue weighted by atomic mass is 14.6. The number of hydrogen-bond acceptors (Lipinski definition) is 0. The molecule has 4 bridgehead atoms. The zero-order chi connectivity index (χ0) is 12.2. The Balaban J connectivity index is 1.79. The molecule has 4 aliphatic carbocycles. The molecule has 0 saturated heterocycles. The lowest BCUT2D eigenvalue weighted by molar-refractivity contribution is -0.00553. The fourth-order valence-corrected chi connectivity index (χ4v) is 5.70. The van der Waals surface area contributed by atoms with E-state index in [9.17, 15) is 0 Å². The Bertz CT molecular complexity index is 422. The molecule has 0 unspecified atom stereocenters. The molecule has 0 amide bonds. The second-order valence-corrected chi connectivity index (χ2v) is 7.11. The van der Waals surface area contributed by atoms with Gasteiger partial charge in [0, 0.05) is 0 Å². The van der Waals surface area contributed by atoms with Gasteiger partial charge < -0.3 is 0 Å². The summed E-state index contributed by atoms with van der Waals surface area (Å²) in [6.45, 7) is 4.14. The molecule has 0 aromatic heterocycles. The number of rotatable bonds is 2. The minimum atomic E-state index is 0.545. The first-order valence-electron chi connectivity index (χ1n) is 7.67. The van der Waals surface area contributed by atoms with Gasteiger partial charge in [-0.05, 0) is 86.2 Å². The van der Waals surface area contributed by atoms with Crippen molar-refractivity contribution in [2.24, 2.45) is 17.8 Å². The van der Waals surface area contributed by atoms with E-state index in [0.717, 1.165) is 24.2 Å². The first-order valence-corrected chi connectivity index (χ1v) is 7.67. The third kappa shape index (κ3) is 1.51. The smallest absolute Gasteiger partial charge is 0.00363 e. The highest BCUT2D eigenvalue weighted by Gasteiger charge is 2.51. The van der Waals surface area contributed by atoms with Crippen LogP contribution in [0.15, 0.2) is 24.3 Å². The summed E-state index contributed by atoms with van der Waals surface area (Å²) in [7, 11) is 0. The van der Waals surface area contributed by atoms with Crippen LogP contribution in [0.1, 0.15) is 49.7 Å². The normalized spacial score (nSPS) is 41.3. The van der Waals surface area contributed by atoms with Crippen LogP contribution in [0.3, 0.4) is 0 Å². The minimum absolute atomic E-state index is 0.545. The second-order valence-electron chi connectivity index (χ2n) is 7.11. The van der Waals surface area contributed by atoms with Gasteiger partial charge in [-0.3, -0.25) is 0 Å². The first-order chi connectivity index (χ1) is 8.79. The summed E-state index contributed by atoms with van der Waals surface area (Å²) in [6.07, 6.45) is 9.96. The van der Waals surface area contributed by atoms with Gasteiger partial charge in [0.15, 0.2) is 0 Å². The molecule has 1 radical (unpaired) electrons. The predicted molar refractivity (Wildman–Crippen MR) is 75.4 cm³/mol. The molecule has 0 spiro atoms. The zero-order valence-electron chi connectivity index (χ0n) is 11.2. The maximum atomic E-state index is 4.14. The molecule has 4 saturated carbocycles. The summed E-state index contributed by atoms with van der Waals surface area (Å²) in [6, 6.07) is 9.15. The largest absolute Gasteiger partial charge is 0.0620 e. The van der Waals surface area contributed by atoms with Crippen molar-refractivity contribution in [1.29, 1.82) is 0 Å². The molecular formula is C18H23. The van der Waals surface area contributed by atoms with E-state index in [4.69, 9.17) is 0 Å². The highest BCUT2D eigenvalue weighted by molar-refractivity contribution is 5.37. The van der Waals surface area contributed by atoms with Crippen LogP contribution in [0.5, 0.6) is 0 Å². The van der Waals surface area contributed by atoms with E-state index in [1.165, 1.54) is 44.1 Å². The summed E-state index contributed by atoms with van der Waals surface area (Å²) >= 11 is 0. The van der Waals surface area contributed by atoms with Crippen LogP contribution in [0, 0.1) is 24.7 Å². The molecule has 0 nitrogen and oxygen atoms in total. The molecule has 18 heavy (non-hydrogen) atoms. The summed E-state index contributed by atoms with van der Waals surface area (Å²) < 4.78 is 0. The van der Waals surface area contributed by atoms with Crippen LogP contribution >= 0.6 is 0 Å². The van der Waals surface area contributed by atoms with Crippen molar-refractivity contribution in [2.75, 3.05) is 0 Å². The van der Waals surface area contributed by atoms with Gasteiger partial charge in [0.05, 0.1) is 0 Å². The van der Waals surface area contributed by atoms with Crippen molar-refractivity contribution in [3.8, 4) is 0 Å². The lowest BCUT2D eigenvalue weighted by Gasteiger charge is -2.57. The molecule has 0 aliphatic heterocycles. The van der Waals surface area contributed by atoms with Gasteiger partial charge in [-0.1, -0.05) is 24.3 Å². The van der Waals surface area contributed by atoms with Crippen LogP contribution in [-0.2, 0) is 11.8 Å². The summed E-state index contributed by atoms with van der Waals surface area (Å²) in [5.41, 5.74) is 3.72. The minimum Gasteiger partial charge on any atom is -0.0620 e. The Morgan fingerprint density at radius 1 is 0.944 bits per heavy atom. The van der Waals surface area contributed by atoms with E-state index in [-0.39, 0.29) is 0 Å². The van der Waals surface area contributed by atoms with Crippen molar-refractivity contribution in [1.82, 2.24) is 0 Å². The van der Waals surface area contributed by atoms with Crippen LogP contribution < -0.4 is 0 Å². The van der Waals surface area contributed by atoms with Crippen LogP contribution in [0.2, 0.25) is 0 Å². The van der Waals surface area contributed by atoms with E-state index in [2.05, 4.69) is 31.2 Å².